The topological polar surface area (TPSA) is 54.9 Å². The Morgan fingerprint density at radius 1 is 1.24 bits per heavy atom. The number of nitrogens with zero attached hydrogens (tertiary/aromatic N) is 2. The van der Waals surface area contributed by atoms with Gasteiger partial charge in [0.05, 0.1) is 5.56 Å². The zero-order chi connectivity index (χ0) is 17.5. The normalized spacial score (nSPS) is 15.1. The van der Waals surface area contributed by atoms with Crippen LogP contribution in [-0.2, 0) is 6.42 Å². The summed E-state index contributed by atoms with van der Waals surface area (Å²) in [5, 5.41) is 4.27. The van der Waals surface area contributed by atoms with Crippen molar-refractivity contribution in [3.05, 3.63) is 52.9 Å². The Balaban J connectivity index is 1.63. The number of carbonyl (C=O) groups excluding carboxylic acids is 1. The van der Waals surface area contributed by atoms with Gasteiger partial charge in [-0.25, -0.2) is 4.98 Å². The number of pyridine rings is 2. The van der Waals surface area contributed by atoms with Crippen LogP contribution in [0.15, 0.2) is 41.7 Å². The van der Waals surface area contributed by atoms with E-state index < -0.39 is 0 Å². The molecule has 3 rings (SSSR count). The average Bonchev–Trinajstić information content (AvgIpc) is 2.63. The van der Waals surface area contributed by atoms with Crippen LogP contribution in [0.25, 0.3) is 0 Å². The minimum absolute atomic E-state index is 0.0417. The van der Waals surface area contributed by atoms with Crippen molar-refractivity contribution in [3.8, 4) is 0 Å². The molecule has 0 atom stereocenters. The van der Waals surface area contributed by atoms with Gasteiger partial charge in [-0.15, -0.1) is 11.8 Å². The lowest BCUT2D eigenvalue weighted by molar-refractivity contribution is 0.0924. The number of thioether (sulfide) groups is 1. The summed E-state index contributed by atoms with van der Waals surface area (Å²) in [6.07, 6.45) is 10.3. The molecule has 1 aliphatic rings. The smallest absolute Gasteiger partial charge is 0.254 e. The number of amides is 1. The standard InChI is InChI=1S/C19H22ClN3OS/c20-17-9-8-16(18(24)22-15-6-2-1-3-7-15)19(23-17)25-12-10-14-5-4-11-21-13-14/h4-5,8-9,11,13,15H,1-3,6-7,10,12H2,(H,22,24). The van der Waals surface area contributed by atoms with E-state index >= 15 is 0 Å². The van der Waals surface area contributed by atoms with Crippen LogP contribution in [0.1, 0.15) is 48.0 Å². The first-order valence-electron chi connectivity index (χ1n) is 8.71. The monoisotopic (exact) mass is 375 g/mol. The molecule has 1 fully saturated rings. The van der Waals surface area contributed by atoms with Crippen molar-refractivity contribution in [2.75, 3.05) is 5.75 Å². The first-order valence-corrected chi connectivity index (χ1v) is 10.1. The molecule has 0 spiro atoms. The van der Waals surface area contributed by atoms with Gasteiger partial charge in [0.15, 0.2) is 0 Å². The largest absolute Gasteiger partial charge is 0.349 e. The molecule has 1 aliphatic carbocycles. The van der Waals surface area contributed by atoms with Gasteiger partial charge in [0.1, 0.15) is 10.2 Å². The van der Waals surface area contributed by atoms with Crippen LogP contribution in [0.3, 0.4) is 0 Å². The third-order valence-electron chi connectivity index (χ3n) is 4.36. The molecule has 1 N–H and O–H groups in total. The maximum atomic E-state index is 12.7. The van der Waals surface area contributed by atoms with Crippen LogP contribution in [-0.4, -0.2) is 27.7 Å². The van der Waals surface area contributed by atoms with E-state index in [0.29, 0.717) is 15.7 Å². The third kappa shape index (κ3) is 5.44. The molecule has 132 valence electrons. The van der Waals surface area contributed by atoms with E-state index in [0.717, 1.165) is 25.0 Å². The van der Waals surface area contributed by atoms with Crippen molar-refractivity contribution in [1.29, 1.82) is 0 Å². The van der Waals surface area contributed by atoms with Gasteiger partial charge in [0, 0.05) is 24.2 Å². The molecule has 0 radical (unpaired) electrons. The first-order chi connectivity index (χ1) is 12.2. The average molecular weight is 376 g/mol. The van der Waals surface area contributed by atoms with Crippen LogP contribution in [0, 0.1) is 0 Å². The van der Waals surface area contributed by atoms with Crippen LogP contribution in [0.2, 0.25) is 5.15 Å². The van der Waals surface area contributed by atoms with E-state index in [2.05, 4.69) is 21.4 Å². The van der Waals surface area contributed by atoms with Crippen molar-refractivity contribution in [3.63, 3.8) is 0 Å². The summed E-state index contributed by atoms with van der Waals surface area (Å²) in [5.74, 6) is 0.780. The van der Waals surface area contributed by atoms with Gasteiger partial charge in [-0.1, -0.05) is 36.9 Å². The predicted octanol–water partition coefficient (Wildman–Crippen LogP) is 4.53. The molecule has 25 heavy (non-hydrogen) atoms. The van der Waals surface area contributed by atoms with Gasteiger partial charge in [-0.05, 0) is 43.0 Å². The number of hydrogen-bond donors (Lipinski definition) is 1. The van der Waals surface area contributed by atoms with E-state index in [1.807, 2.05) is 12.3 Å². The van der Waals surface area contributed by atoms with E-state index in [4.69, 9.17) is 11.6 Å². The Labute approximate surface area is 157 Å². The van der Waals surface area contributed by atoms with Gasteiger partial charge in [-0.2, -0.15) is 0 Å². The lowest BCUT2D eigenvalue weighted by Gasteiger charge is -2.23. The highest BCUT2D eigenvalue weighted by Gasteiger charge is 2.19. The lowest BCUT2D eigenvalue weighted by Crippen LogP contribution is -2.36. The molecular formula is C19H22ClN3OS. The summed E-state index contributed by atoms with van der Waals surface area (Å²) >= 11 is 7.61. The highest BCUT2D eigenvalue weighted by molar-refractivity contribution is 7.99. The molecule has 0 aromatic carbocycles. The Morgan fingerprint density at radius 2 is 2.08 bits per heavy atom. The Bertz CT molecular complexity index is 705. The zero-order valence-corrected chi connectivity index (χ0v) is 15.7. The molecular weight excluding hydrogens is 354 g/mol. The summed E-state index contributed by atoms with van der Waals surface area (Å²) in [5.41, 5.74) is 1.79. The first kappa shape index (κ1) is 18.2. The molecule has 1 saturated carbocycles. The quantitative estimate of drug-likeness (QED) is 0.595. The van der Waals surface area contributed by atoms with Gasteiger partial charge in [0.2, 0.25) is 0 Å². The van der Waals surface area contributed by atoms with Crippen molar-refractivity contribution < 1.29 is 4.79 Å². The number of hydrogen-bond acceptors (Lipinski definition) is 4. The maximum absolute atomic E-state index is 12.7. The van der Waals surface area contributed by atoms with E-state index in [1.54, 1.807) is 30.1 Å². The van der Waals surface area contributed by atoms with Crippen molar-refractivity contribution in [2.45, 2.75) is 49.6 Å². The van der Waals surface area contributed by atoms with E-state index in [-0.39, 0.29) is 11.9 Å². The predicted molar refractivity (Wildman–Crippen MR) is 102 cm³/mol. The minimum atomic E-state index is -0.0417. The molecule has 0 bridgehead atoms. The third-order valence-corrected chi connectivity index (χ3v) is 5.57. The van der Waals surface area contributed by atoms with Crippen LogP contribution >= 0.6 is 23.4 Å². The number of nitrogens with one attached hydrogen (secondary N) is 1. The summed E-state index contributed by atoms with van der Waals surface area (Å²) in [7, 11) is 0. The molecule has 1 amide bonds. The fourth-order valence-electron chi connectivity index (χ4n) is 3.02. The van der Waals surface area contributed by atoms with Crippen LogP contribution < -0.4 is 5.32 Å². The molecule has 0 unspecified atom stereocenters. The van der Waals surface area contributed by atoms with Gasteiger partial charge in [0.25, 0.3) is 5.91 Å². The van der Waals surface area contributed by atoms with E-state index in [9.17, 15) is 4.79 Å². The maximum Gasteiger partial charge on any atom is 0.254 e. The number of aryl methyl sites for hydroxylation is 1. The molecule has 2 aromatic rings. The van der Waals surface area contributed by atoms with Gasteiger partial charge < -0.3 is 5.32 Å². The SMILES string of the molecule is O=C(NC1CCCCC1)c1ccc(Cl)nc1SCCc1cccnc1. The second-order valence-corrected chi connectivity index (χ2v) is 7.73. The highest BCUT2D eigenvalue weighted by Crippen LogP contribution is 2.25. The van der Waals surface area contributed by atoms with Gasteiger partial charge >= 0.3 is 0 Å². The molecule has 2 aromatic heterocycles. The number of aromatic nitrogens is 2. The fraction of sp³-hybridized carbons (Fsp3) is 0.421. The fourth-order valence-corrected chi connectivity index (χ4v) is 4.23. The molecule has 2 heterocycles. The van der Waals surface area contributed by atoms with Crippen molar-refractivity contribution in [1.82, 2.24) is 15.3 Å². The molecule has 6 heteroatoms. The second-order valence-electron chi connectivity index (χ2n) is 6.25. The summed E-state index contributed by atoms with van der Waals surface area (Å²) in [6, 6.07) is 7.73. The van der Waals surface area contributed by atoms with Crippen LogP contribution in [0.4, 0.5) is 0 Å². The zero-order valence-electron chi connectivity index (χ0n) is 14.1. The Kier molecular flexibility index (Phi) is 6.70. The Hall–Kier alpha value is -1.59. The van der Waals surface area contributed by atoms with E-state index in [1.165, 1.54) is 24.8 Å². The van der Waals surface area contributed by atoms with Crippen molar-refractivity contribution >= 4 is 29.3 Å². The second kappa shape index (κ2) is 9.20. The molecule has 0 aliphatic heterocycles. The minimum Gasteiger partial charge on any atom is -0.349 e. The molecule has 0 saturated heterocycles. The van der Waals surface area contributed by atoms with Crippen molar-refractivity contribution in [2.24, 2.45) is 0 Å². The summed E-state index contributed by atoms with van der Waals surface area (Å²) < 4.78 is 0. The Morgan fingerprint density at radius 3 is 2.84 bits per heavy atom. The number of rotatable bonds is 6. The van der Waals surface area contributed by atoms with Crippen LogP contribution in [0.5, 0.6) is 0 Å². The molecule has 4 nitrogen and oxygen atoms in total. The van der Waals surface area contributed by atoms with Gasteiger partial charge in [-0.3, -0.25) is 9.78 Å². The number of halogens is 1. The number of carbonyl (C=O) groups is 1. The summed E-state index contributed by atoms with van der Waals surface area (Å²) in [4.78, 5) is 21.2. The lowest BCUT2D eigenvalue weighted by atomic mass is 9.95. The summed E-state index contributed by atoms with van der Waals surface area (Å²) in [6.45, 7) is 0. The highest BCUT2D eigenvalue weighted by atomic mass is 35.5.